The van der Waals surface area contributed by atoms with Gasteiger partial charge >= 0.3 is 5.97 Å². The molecule has 4 heteroatoms. The number of unbranched alkanes of at least 4 members (excludes halogenated alkanes) is 1. The Bertz CT molecular complexity index is 620. The molecule has 1 aromatic carbocycles. The Balaban J connectivity index is 2.32. The molecule has 0 saturated carbocycles. The first-order valence-electron chi connectivity index (χ1n) is 7.02. The van der Waals surface area contributed by atoms with E-state index in [-0.39, 0.29) is 5.69 Å². The fourth-order valence-electron chi connectivity index (χ4n) is 2.10. The van der Waals surface area contributed by atoms with Crippen LogP contribution in [0.5, 0.6) is 5.75 Å². The molecule has 0 bridgehead atoms. The monoisotopic (exact) mass is 285 g/mol. The van der Waals surface area contributed by atoms with E-state index in [1.807, 2.05) is 12.1 Å². The molecular formula is C17H19NO3. The van der Waals surface area contributed by atoms with E-state index < -0.39 is 5.97 Å². The van der Waals surface area contributed by atoms with Crippen molar-refractivity contribution in [3.8, 4) is 17.0 Å². The zero-order chi connectivity index (χ0) is 15.2. The average molecular weight is 285 g/mol. The van der Waals surface area contributed by atoms with E-state index in [1.165, 1.54) is 31.6 Å². The number of carboxylic acids is 1. The van der Waals surface area contributed by atoms with Crippen molar-refractivity contribution in [3.63, 3.8) is 0 Å². The van der Waals surface area contributed by atoms with Gasteiger partial charge in [-0.15, -0.1) is 0 Å². The lowest BCUT2D eigenvalue weighted by Gasteiger charge is -2.07. The number of ether oxygens (including phenoxy) is 1. The zero-order valence-corrected chi connectivity index (χ0v) is 12.3. The first-order chi connectivity index (χ1) is 10.1. The maximum absolute atomic E-state index is 11.1. The number of aromatic carboxylic acids is 1. The minimum atomic E-state index is -1.06. The standard InChI is InChI=1S/C17H19NO3/c1-3-4-5-12-6-8-13(9-7-12)15-10-14(21-2)11-16(18-15)17(19)20/h6-11H,3-5H2,1-2H3,(H,19,20). The lowest BCUT2D eigenvalue weighted by molar-refractivity contribution is 0.0690. The van der Waals surface area contributed by atoms with Crippen molar-refractivity contribution < 1.29 is 14.6 Å². The predicted octanol–water partition coefficient (Wildman–Crippen LogP) is 3.80. The molecule has 4 nitrogen and oxygen atoms in total. The zero-order valence-electron chi connectivity index (χ0n) is 12.3. The number of benzene rings is 1. The second kappa shape index (κ2) is 6.88. The fraction of sp³-hybridized carbons (Fsp3) is 0.294. The Morgan fingerprint density at radius 2 is 1.95 bits per heavy atom. The number of carbonyl (C=O) groups is 1. The number of aryl methyl sites for hydroxylation is 1. The third-order valence-corrected chi connectivity index (χ3v) is 3.32. The van der Waals surface area contributed by atoms with E-state index in [4.69, 9.17) is 9.84 Å². The van der Waals surface area contributed by atoms with Gasteiger partial charge in [-0.05, 0) is 18.4 Å². The largest absolute Gasteiger partial charge is 0.497 e. The van der Waals surface area contributed by atoms with Crippen LogP contribution < -0.4 is 4.74 Å². The number of carboxylic acid groups (broad SMARTS) is 1. The van der Waals surface area contributed by atoms with E-state index in [9.17, 15) is 4.79 Å². The molecule has 0 aliphatic carbocycles. The summed E-state index contributed by atoms with van der Waals surface area (Å²) in [6.45, 7) is 2.17. The van der Waals surface area contributed by atoms with E-state index in [0.29, 0.717) is 11.4 Å². The van der Waals surface area contributed by atoms with Gasteiger partial charge in [0.15, 0.2) is 5.69 Å². The SMILES string of the molecule is CCCCc1ccc(-c2cc(OC)cc(C(=O)O)n2)cc1. The molecule has 0 radical (unpaired) electrons. The molecule has 21 heavy (non-hydrogen) atoms. The van der Waals surface area contributed by atoms with Crippen LogP contribution in [0.15, 0.2) is 36.4 Å². The van der Waals surface area contributed by atoms with Gasteiger partial charge in [-0.1, -0.05) is 37.6 Å². The molecule has 0 amide bonds. The van der Waals surface area contributed by atoms with Crippen LogP contribution in [-0.4, -0.2) is 23.2 Å². The molecule has 110 valence electrons. The Kier molecular flexibility index (Phi) is 4.93. The molecule has 0 fully saturated rings. The van der Waals surface area contributed by atoms with Crippen LogP contribution in [-0.2, 0) is 6.42 Å². The Labute approximate surface area is 124 Å². The molecular weight excluding hydrogens is 266 g/mol. The molecule has 0 aliphatic rings. The molecule has 0 atom stereocenters. The summed E-state index contributed by atoms with van der Waals surface area (Å²) in [7, 11) is 1.51. The average Bonchev–Trinajstić information content (AvgIpc) is 2.52. The number of hydrogen-bond donors (Lipinski definition) is 1. The Hall–Kier alpha value is -2.36. The van der Waals surface area contributed by atoms with Crippen molar-refractivity contribution >= 4 is 5.97 Å². The van der Waals surface area contributed by atoms with Gasteiger partial charge < -0.3 is 9.84 Å². The molecule has 1 N–H and O–H groups in total. The van der Waals surface area contributed by atoms with E-state index >= 15 is 0 Å². The van der Waals surface area contributed by atoms with Gasteiger partial charge in [0.2, 0.25) is 0 Å². The van der Waals surface area contributed by atoms with E-state index in [2.05, 4.69) is 24.0 Å². The van der Waals surface area contributed by atoms with Crippen LogP contribution in [0.25, 0.3) is 11.3 Å². The maximum atomic E-state index is 11.1. The number of pyridine rings is 1. The minimum absolute atomic E-state index is 0.0144. The third kappa shape index (κ3) is 3.81. The van der Waals surface area contributed by atoms with Gasteiger partial charge in [0, 0.05) is 17.7 Å². The molecule has 0 aliphatic heterocycles. The summed E-state index contributed by atoms with van der Waals surface area (Å²) in [5.41, 5.74) is 2.76. The van der Waals surface area contributed by atoms with E-state index in [0.717, 1.165) is 12.0 Å². The number of hydrogen-bond acceptors (Lipinski definition) is 3. The second-order valence-corrected chi connectivity index (χ2v) is 4.88. The summed E-state index contributed by atoms with van der Waals surface area (Å²) >= 11 is 0. The molecule has 0 unspecified atom stereocenters. The summed E-state index contributed by atoms with van der Waals surface area (Å²) in [6.07, 6.45) is 3.39. The maximum Gasteiger partial charge on any atom is 0.354 e. The normalized spacial score (nSPS) is 10.4. The molecule has 2 aromatic rings. The molecule has 1 aromatic heterocycles. The van der Waals surface area contributed by atoms with Crippen molar-refractivity contribution in [1.29, 1.82) is 0 Å². The topological polar surface area (TPSA) is 59.4 Å². The van der Waals surface area contributed by atoms with Gasteiger partial charge in [0.05, 0.1) is 12.8 Å². The van der Waals surface area contributed by atoms with Gasteiger partial charge in [0.1, 0.15) is 5.75 Å². The lowest BCUT2D eigenvalue weighted by atomic mass is 10.0. The van der Waals surface area contributed by atoms with Gasteiger partial charge in [0.25, 0.3) is 0 Å². The highest BCUT2D eigenvalue weighted by molar-refractivity contribution is 5.86. The number of methoxy groups -OCH3 is 1. The summed E-state index contributed by atoms with van der Waals surface area (Å²) in [6, 6.07) is 11.2. The number of rotatable bonds is 6. The first-order valence-corrected chi connectivity index (χ1v) is 7.02. The fourth-order valence-corrected chi connectivity index (χ4v) is 2.10. The van der Waals surface area contributed by atoms with Crippen molar-refractivity contribution in [2.45, 2.75) is 26.2 Å². The van der Waals surface area contributed by atoms with Crippen LogP contribution in [0, 0.1) is 0 Å². The molecule has 1 heterocycles. The molecule has 2 rings (SSSR count). The van der Waals surface area contributed by atoms with Crippen molar-refractivity contribution in [3.05, 3.63) is 47.7 Å². The molecule has 0 saturated heterocycles. The Morgan fingerprint density at radius 3 is 2.52 bits per heavy atom. The molecule has 0 spiro atoms. The van der Waals surface area contributed by atoms with Gasteiger partial charge in [-0.2, -0.15) is 0 Å². The lowest BCUT2D eigenvalue weighted by Crippen LogP contribution is -2.02. The second-order valence-electron chi connectivity index (χ2n) is 4.88. The van der Waals surface area contributed by atoms with Gasteiger partial charge in [-0.3, -0.25) is 0 Å². The van der Waals surface area contributed by atoms with Crippen LogP contribution >= 0.6 is 0 Å². The van der Waals surface area contributed by atoms with Crippen LogP contribution in [0.4, 0.5) is 0 Å². The summed E-state index contributed by atoms with van der Waals surface area (Å²) in [4.78, 5) is 15.3. The highest BCUT2D eigenvalue weighted by atomic mass is 16.5. The summed E-state index contributed by atoms with van der Waals surface area (Å²) in [5, 5.41) is 9.10. The van der Waals surface area contributed by atoms with Gasteiger partial charge in [-0.25, -0.2) is 9.78 Å². The van der Waals surface area contributed by atoms with Crippen LogP contribution in [0.3, 0.4) is 0 Å². The first kappa shape index (κ1) is 15.0. The summed E-state index contributed by atoms with van der Waals surface area (Å²) in [5.74, 6) is -0.567. The number of aromatic nitrogens is 1. The van der Waals surface area contributed by atoms with Crippen LogP contribution in [0.2, 0.25) is 0 Å². The minimum Gasteiger partial charge on any atom is -0.497 e. The predicted molar refractivity (Wildman–Crippen MR) is 81.8 cm³/mol. The third-order valence-electron chi connectivity index (χ3n) is 3.32. The number of nitrogens with zero attached hydrogens (tertiary/aromatic N) is 1. The van der Waals surface area contributed by atoms with Crippen molar-refractivity contribution in [2.75, 3.05) is 7.11 Å². The van der Waals surface area contributed by atoms with Crippen molar-refractivity contribution in [2.24, 2.45) is 0 Å². The highest BCUT2D eigenvalue weighted by Crippen LogP contribution is 2.24. The quantitative estimate of drug-likeness (QED) is 0.877. The highest BCUT2D eigenvalue weighted by Gasteiger charge is 2.10. The van der Waals surface area contributed by atoms with Crippen LogP contribution in [0.1, 0.15) is 35.8 Å². The Morgan fingerprint density at radius 1 is 1.24 bits per heavy atom. The van der Waals surface area contributed by atoms with Crippen molar-refractivity contribution in [1.82, 2.24) is 4.98 Å². The van der Waals surface area contributed by atoms with E-state index in [1.54, 1.807) is 6.07 Å². The summed E-state index contributed by atoms with van der Waals surface area (Å²) < 4.78 is 5.14. The smallest absolute Gasteiger partial charge is 0.354 e.